The fourth-order valence-electron chi connectivity index (χ4n) is 2.35. The Kier molecular flexibility index (Phi) is 2.24. The molecule has 1 aromatic rings. The first-order chi connectivity index (χ1) is 7.38. The van der Waals surface area contributed by atoms with E-state index in [9.17, 15) is 0 Å². The molecule has 80 valence electrons. The van der Waals surface area contributed by atoms with Crippen molar-refractivity contribution in [2.75, 3.05) is 26.3 Å². The molecule has 0 saturated carbocycles. The number of hydrogen-bond acceptors (Lipinski definition) is 3. The predicted octanol–water partition coefficient (Wildman–Crippen LogP) is 0.689. The third-order valence-corrected chi connectivity index (χ3v) is 3.25. The zero-order valence-electron chi connectivity index (χ0n) is 8.70. The molecule has 1 atom stereocenters. The van der Waals surface area contributed by atoms with Crippen molar-refractivity contribution >= 4 is 0 Å². The van der Waals surface area contributed by atoms with E-state index < -0.39 is 0 Å². The van der Waals surface area contributed by atoms with Gasteiger partial charge in [0.2, 0.25) is 0 Å². The van der Waals surface area contributed by atoms with Gasteiger partial charge in [0.15, 0.2) is 0 Å². The van der Waals surface area contributed by atoms with E-state index in [2.05, 4.69) is 41.0 Å². The minimum atomic E-state index is 0.193. The van der Waals surface area contributed by atoms with E-state index in [1.807, 2.05) is 0 Å². The molecular weight excluding hydrogens is 188 g/mol. The van der Waals surface area contributed by atoms with Crippen molar-refractivity contribution in [2.45, 2.75) is 11.6 Å². The van der Waals surface area contributed by atoms with Gasteiger partial charge in [-0.1, -0.05) is 30.3 Å². The molecule has 2 heterocycles. The van der Waals surface area contributed by atoms with Crippen molar-refractivity contribution in [2.24, 2.45) is 0 Å². The van der Waals surface area contributed by atoms with Crippen LogP contribution in [-0.4, -0.2) is 31.8 Å². The third-order valence-electron chi connectivity index (χ3n) is 3.25. The zero-order chi connectivity index (χ0) is 10.1. The van der Waals surface area contributed by atoms with Crippen molar-refractivity contribution in [3.05, 3.63) is 35.9 Å². The van der Waals surface area contributed by atoms with Gasteiger partial charge in [-0.25, -0.2) is 0 Å². The van der Waals surface area contributed by atoms with Crippen LogP contribution in [-0.2, 0) is 4.74 Å². The van der Waals surface area contributed by atoms with Crippen LogP contribution in [0.3, 0.4) is 0 Å². The standard InChI is InChI=1S/C12H16N2O/c1-2-4-10(5-3-1)11-6-13-7-12(14-11)8-15-9-12/h1-5,11,13-14H,6-9H2/t11-/m0/s1. The zero-order valence-corrected chi connectivity index (χ0v) is 8.70. The van der Waals surface area contributed by atoms with Gasteiger partial charge < -0.3 is 10.1 Å². The number of nitrogens with one attached hydrogen (secondary N) is 2. The quantitative estimate of drug-likeness (QED) is 0.706. The van der Waals surface area contributed by atoms with Gasteiger partial charge in [-0.2, -0.15) is 0 Å². The summed E-state index contributed by atoms with van der Waals surface area (Å²) in [5.74, 6) is 0. The molecule has 3 heteroatoms. The number of benzene rings is 1. The van der Waals surface area contributed by atoms with E-state index in [-0.39, 0.29) is 5.54 Å². The van der Waals surface area contributed by atoms with Gasteiger partial charge in [0.1, 0.15) is 0 Å². The van der Waals surface area contributed by atoms with Crippen LogP contribution in [0.4, 0.5) is 0 Å². The van der Waals surface area contributed by atoms with Gasteiger partial charge in [0, 0.05) is 19.1 Å². The van der Waals surface area contributed by atoms with Crippen LogP contribution in [0.15, 0.2) is 30.3 Å². The van der Waals surface area contributed by atoms with E-state index >= 15 is 0 Å². The lowest BCUT2D eigenvalue weighted by Crippen LogP contribution is -2.70. The van der Waals surface area contributed by atoms with E-state index in [1.165, 1.54) is 5.56 Å². The van der Waals surface area contributed by atoms with Gasteiger partial charge in [0.05, 0.1) is 18.8 Å². The van der Waals surface area contributed by atoms with E-state index in [0.29, 0.717) is 6.04 Å². The Labute approximate surface area is 89.8 Å². The second-order valence-corrected chi connectivity index (χ2v) is 4.51. The number of rotatable bonds is 1. The second-order valence-electron chi connectivity index (χ2n) is 4.51. The van der Waals surface area contributed by atoms with Crippen molar-refractivity contribution in [3.8, 4) is 0 Å². The largest absolute Gasteiger partial charge is 0.377 e. The lowest BCUT2D eigenvalue weighted by Gasteiger charge is -2.48. The van der Waals surface area contributed by atoms with Gasteiger partial charge in [-0.3, -0.25) is 5.32 Å². The van der Waals surface area contributed by atoms with Crippen LogP contribution in [0.5, 0.6) is 0 Å². The van der Waals surface area contributed by atoms with Gasteiger partial charge in [-0.05, 0) is 5.56 Å². The Morgan fingerprint density at radius 2 is 2.00 bits per heavy atom. The first-order valence-corrected chi connectivity index (χ1v) is 5.49. The molecule has 1 spiro atoms. The van der Waals surface area contributed by atoms with Crippen LogP contribution < -0.4 is 10.6 Å². The van der Waals surface area contributed by atoms with Crippen molar-refractivity contribution < 1.29 is 4.74 Å². The van der Waals surface area contributed by atoms with Crippen LogP contribution in [0, 0.1) is 0 Å². The molecule has 0 amide bonds. The van der Waals surface area contributed by atoms with E-state index in [0.717, 1.165) is 26.3 Å². The maximum atomic E-state index is 5.30. The summed E-state index contributed by atoms with van der Waals surface area (Å²) in [6.45, 7) is 3.70. The molecule has 3 nitrogen and oxygen atoms in total. The highest BCUT2D eigenvalue weighted by Gasteiger charge is 2.42. The maximum absolute atomic E-state index is 5.30. The molecular formula is C12H16N2O. The smallest absolute Gasteiger partial charge is 0.0784 e. The van der Waals surface area contributed by atoms with Gasteiger partial charge in [0.25, 0.3) is 0 Å². The average Bonchev–Trinajstić information content (AvgIpc) is 2.28. The second kappa shape index (κ2) is 3.59. The Hall–Kier alpha value is -0.900. The Morgan fingerprint density at radius 3 is 2.67 bits per heavy atom. The van der Waals surface area contributed by atoms with Crippen molar-refractivity contribution in [1.82, 2.24) is 10.6 Å². The topological polar surface area (TPSA) is 33.3 Å². The average molecular weight is 204 g/mol. The van der Waals surface area contributed by atoms with E-state index in [1.54, 1.807) is 0 Å². The third kappa shape index (κ3) is 1.67. The van der Waals surface area contributed by atoms with Crippen LogP contribution in [0.25, 0.3) is 0 Å². The number of ether oxygens (including phenoxy) is 1. The molecule has 3 rings (SSSR count). The summed E-state index contributed by atoms with van der Waals surface area (Å²) in [5, 5.41) is 7.18. The lowest BCUT2D eigenvalue weighted by molar-refractivity contribution is -0.0867. The fraction of sp³-hybridized carbons (Fsp3) is 0.500. The molecule has 2 N–H and O–H groups in total. The molecule has 1 aromatic carbocycles. The monoisotopic (exact) mass is 204 g/mol. The molecule has 0 radical (unpaired) electrons. The van der Waals surface area contributed by atoms with Crippen LogP contribution in [0.1, 0.15) is 11.6 Å². The molecule has 0 unspecified atom stereocenters. The van der Waals surface area contributed by atoms with E-state index in [4.69, 9.17) is 4.74 Å². The summed E-state index contributed by atoms with van der Waals surface area (Å²) in [6.07, 6.45) is 0. The highest BCUT2D eigenvalue weighted by atomic mass is 16.5. The highest BCUT2D eigenvalue weighted by molar-refractivity contribution is 5.21. The normalized spacial score (nSPS) is 28.7. The molecule has 0 aliphatic carbocycles. The Balaban J connectivity index is 1.77. The highest BCUT2D eigenvalue weighted by Crippen LogP contribution is 2.25. The first-order valence-electron chi connectivity index (χ1n) is 5.49. The Bertz CT molecular complexity index is 335. The summed E-state index contributed by atoms with van der Waals surface area (Å²) in [6, 6.07) is 11.0. The molecule has 0 aromatic heterocycles. The predicted molar refractivity (Wildman–Crippen MR) is 58.7 cm³/mol. The van der Waals surface area contributed by atoms with Crippen LogP contribution in [0.2, 0.25) is 0 Å². The first kappa shape index (κ1) is 9.33. The Morgan fingerprint density at radius 1 is 1.20 bits per heavy atom. The molecule has 0 bridgehead atoms. The molecule has 2 saturated heterocycles. The van der Waals surface area contributed by atoms with Crippen LogP contribution >= 0.6 is 0 Å². The van der Waals surface area contributed by atoms with Crippen molar-refractivity contribution in [1.29, 1.82) is 0 Å². The summed E-state index contributed by atoms with van der Waals surface area (Å²) in [5.41, 5.74) is 1.55. The summed E-state index contributed by atoms with van der Waals surface area (Å²) < 4.78 is 5.30. The molecule has 2 fully saturated rings. The maximum Gasteiger partial charge on any atom is 0.0784 e. The van der Waals surface area contributed by atoms with Gasteiger partial charge >= 0.3 is 0 Å². The molecule has 2 aliphatic rings. The number of hydrogen-bond donors (Lipinski definition) is 2. The molecule has 2 aliphatic heterocycles. The summed E-state index contributed by atoms with van der Waals surface area (Å²) >= 11 is 0. The van der Waals surface area contributed by atoms with Gasteiger partial charge in [-0.15, -0.1) is 0 Å². The number of piperazine rings is 1. The summed E-state index contributed by atoms with van der Waals surface area (Å²) in [7, 11) is 0. The van der Waals surface area contributed by atoms with Crippen molar-refractivity contribution in [3.63, 3.8) is 0 Å². The minimum absolute atomic E-state index is 0.193. The molecule has 15 heavy (non-hydrogen) atoms. The summed E-state index contributed by atoms with van der Waals surface area (Å²) in [4.78, 5) is 0. The lowest BCUT2D eigenvalue weighted by atomic mass is 9.91. The fourth-order valence-corrected chi connectivity index (χ4v) is 2.35. The minimum Gasteiger partial charge on any atom is -0.377 e. The SMILES string of the molecule is c1ccc([C@@H]2CNCC3(COC3)N2)cc1.